The van der Waals surface area contributed by atoms with Crippen molar-refractivity contribution < 1.29 is 4.74 Å². The summed E-state index contributed by atoms with van der Waals surface area (Å²) in [4.78, 5) is 6.90. The largest absolute Gasteiger partial charge is 0.497 e. The van der Waals surface area contributed by atoms with Crippen LogP contribution in [0.2, 0.25) is 0 Å². The second-order valence-corrected chi connectivity index (χ2v) is 7.82. The molecule has 33 heavy (non-hydrogen) atoms. The monoisotopic (exact) mass is 563 g/mol. The van der Waals surface area contributed by atoms with Crippen LogP contribution in [0.25, 0.3) is 5.69 Å². The molecule has 3 aromatic rings. The summed E-state index contributed by atoms with van der Waals surface area (Å²) in [5.74, 6) is 3.34. The molecule has 2 aromatic heterocycles. The maximum atomic E-state index is 5.29. The smallest absolute Gasteiger partial charge is 0.194 e. The summed E-state index contributed by atoms with van der Waals surface area (Å²) in [5.41, 5.74) is 4.74. The number of nitrogens with zero attached hydrogens (tertiary/aromatic N) is 6. The molecule has 0 atom stereocenters. The summed E-state index contributed by atoms with van der Waals surface area (Å²) in [5, 5.41) is 11.7. The molecular weight excluding hydrogens is 529 g/mol. The number of nitrogens with one attached hydrogen (secondary N) is 1. The van der Waals surface area contributed by atoms with Crippen molar-refractivity contribution in [3.63, 3.8) is 0 Å². The van der Waals surface area contributed by atoms with Crippen molar-refractivity contribution in [3.8, 4) is 11.4 Å². The summed E-state index contributed by atoms with van der Waals surface area (Å²) >= 11 is 0. The molecule has 0 saturated carbocycles. The number of aliphatic imine (C=N–C) groups is 1. The number of rotatable bonds is 8. The first kappa shape index (κ1) is 26.4. The number of halogens is 1. The van der Waals surface area contributed by atoms with Crippen LogP contribution in [-0.4, -0.2) is 50.9 Å². The van der Waals surface area contributed by atoms with Crippen molar-refractivity contribution in [3.05, 3.63) is 71.6 Å². The summed E-state index contributed by atoms with van der Waals surface area (Å²) in [6.07, 6.45) is 1.82. The molecule has 0 amide bonds. The molecule has 178 valence electrons. The topological polar surface area (TPSA) is 72.5 Å². The van der Waals surface area contributed by atoms with Crippen LogP contribution in [0.15, 0.2) is 48.0 Å². The zero-order valence-corrected chi connectivity index (χ0v) is 22.6. The van der Waals surface area contributed by atoms with Crippen molar-refractivity contribution in [1.29, 1.82) is 0 Å². The second-order valence-electron chi connectivity index (χ2n) is 7.82. The molecule has 1 aromatic carbocycles. The Morgan fingerprint density at radius 1 is 1.21 bits per heavy atom. The van der Waals surface area contributed by atoms with Gasteiger partial charge in [-0.2, -0.15) is 0 Å². The number of hydrogen-bond acceptors (Lipinski definition) is 4. The minimum atomic E-state index is 0. The molecule has 0 fully saturated rings. The van der Waals surface area contributed by atoms with E-state index < -0.39 is 0 Å². The van der Waals surface area contributed by atoms with Crippen LogP contribution < -0.4 is 10.1 Å². The van der Waals surface area contributed by atoms with Gasteiger partial charge in [-0.05, 0) is 56.7 Å². The number of methoxy groups -OCH3 is 1. The van der Waals surface area contributed by atoms with E-state index in [1.54, 1.807) is 7.11 Å². The van der Waals surface area contributed by atoms with Crippen LogP contribution in [0.5, 0.6) is 5.75 Å². The maximum absolute atomic E-state index is 5.29. The van der Waals surface area contributed by atoms with E-state index >= 15 is 0 Å². The highest BCUT2D eigenvalue weighted by atomic mass is 127. The van der Waals surface area contributed by atoms with E-state index in [1.807, 2.05) is 43.8 Å². The summed E-state index contributed by atoms with van der Waals surface area (Å²) < 4.78 is 9.51. The molecule has 0 radical (unpaired) electrons. The van der Waals surface area contributed by atoms with Gasteiger partial charge in [0.25, 0.3) is 0 Å². The Morgan fingerprint density at radius 2 is 1.91 bits per heavy atom. The third-order valence-corrected chi connectivity index (χ3v) is 5.59. The van der Waals surface area contributed by atoms with Gasteiger partial charge < -0.3 is 24.1 Å². The Hall–Kier alpha value is -2.82. The molecule has 0 spiro atoms. The van der Waals surface area contributed by atoms with Crippen LogP contribution >= 0.6 is 24.0 Å². The molecule has 0 bridgehead atoms. The molecule has 0 unspecified atom stereocenters. The second kappa shape index (κ2) is 11.9. The molecular formula is C24H34IN7O. The Kier molecular flexibility index (Phi) is 9.51. The van der Waals surface area contributed by atoms with Crippen molar-refractivity contribution in [2.75, 3.05) is 20.7 Å². The molecule has 2 heterocycles. The Labute approximate surface area is 213 Å². The van der Waals surface area contributed by atoms with E-state index in [0.717, 1.165) is 35.6 Å². The summed E-state index contributed by atoms with van der Waals surface area (Å²) in [6.45, 7) is 11.8. The molecule has 0 aliphatic carbocycles. The molecule has 0 aliphatic rings. The number of ether oxygens (including phenoxy) is 1. The van der Waals surface area contributed by atoms with Crippen LogP contribution in [0.4, 0.5) is 0 Å². The van der Waals surface area contributed by atoms with Gasteiger partial charge in [-0.1, -0.05) is 6.08 Å². The van der Waals surface area contributed by atoms with Gasteiger partial charge in [-0.15, -0.1) is 40.8 Å². The first-order valence-electron chi connectivity index (χ1n) is 10.6. The number of aromatic nitrogens is 4. The van der Waals surface area contributed by atoms with Gasteiger partial charge in [0, 0.05) is 44.3 Å². The van der Waals surface area contributed by atoms with Gasteiger partial charge in [0.15, 0.2) is 11.8 Å². The lowest BCUT2D eigenvalue weighted by molar-refractivity contribution is 0.414. The molecule has 1 N–H and O–H groups in total. The standard InChI is InChI=1S/C24H33N7O.HI/c1-8-13-25-24(26-15-23-28-27-19(4)30(23)6)29(5)16-20-14-17(2)31(18(20)3)21-9-11-22(32-7)12-10-21;/h8-12,14H,1,13,15-16H2,2-7H3,(H,25,26);1H. The highest BCUT2D eigenvalue weighted by Gasteiger charge is 2.15. The lowest BCUT2D eigenvalue weighted by atomic mass is 10.2. The van der Waals surface area contributed by atoms with Crippen LogP contribution in [0.1, 0.15) is 28.6 Å². The first-order chi connectivity index (χ1) is 15.3. The minimum Gasteiger partial charge on any atom is -0.497 e. The van der Waals surface area contributed by atoms with Gasteiger partial charge in [-0.25, -0.2) is 4.99 Å². The Balaban J connectivity index is 0.00000385. The lowest BCUT2D eigenvalue weighted by Crippen LogP contribution is -2.38. The zero-order chi connectivity index (χ0) is 23.3. The number of hydrogen-bond donors (Lipinski definition) is 1. The fourth-order valence-electron chi connectivity index (χ4n) is 3.66. The fraction of sp³-hybridized carbons (Fsp3) is 0.375. The van der Waals surface area contributed by atoms with Crippen molar-refractivity contribution in [1.82, 2.24) is 29.5 Å². The molecule has 8 nitrogen and oxygen atoms in total. The molecule has 3 rings (SSSR count). The first-order valence-corrected chi connectivity index (χ1v) is 10.6. The average Bonchev–Trinajstić information content (AvgIpc) is 3.25. The van der Waals surface area contributed by atoms with Gasteiger partial charge >= 0.3 is 0 Å². The van der Waals surface area contributed by atoms with E-state index in [2.05, 4.69) is 63.6 Å². The predicted octanol–water partition coefficient (Wildman–Crippen LogP) is 3.92. The Bertz CT molecular complexity index is 1100. The molecule has 0 aliphatic heterocycles. The van der Waals surface area contributed by atoms with E-state index in [9.17, 15) is 0 Å². The van der Waals surface area contributed by atoms with Gasteiger partial charge in [-0.3, -0.25) is 0 Å². The van der Waals surface area contributed by atoms with Gasteiger partial charge in [0.1, 0.15) is 18.1 Å². The van der Waals surface area contributed by atoms with Crippen LogP contribution in [0, 0.1) is 20.8 Å². The molecule has 9 heteroatoms. The van der Waals surface area contributed by atoms with E-state index in [0.29, 0.717) is 13.1 Å². The maximum Gasteiger partial charge on any atom is 0.194 e. The molecule has 0 saturated heterocycles. The van der Waals surface area contributed by atoms with E-state index in [1.165, 1.54) is 17.0 Å². The van der Waals surface area contributed by atoms with Crippen molar-refractivity contribution in [2.45, 2.75) is 33.9 Å². The average molecular weight is 563 g/mol. The quantitative estimate of drug-likeness (QED) is 0.195. The lowest BCUT2D eigenvalue weighted by Gasteiger charge is -2.22. The highest BCUT2D eigenvalue weighted by Crippen LogP contribution is 2.23. The van der Waals surface area contributed by atoms with Crippen LogP contribution in [-0.2, 0) is 20.1 Å². The minimum absolute atomic E-state index is 0. The number of benzene rings is 1. The van der Waals surface area contributed by atoms with E-state index in [-0.39, 0.29) is 24.0 Å². The third-order valence-electron chi connectivity index (χ3n) is 5.59. The normalized spacial score (nSPS) is 11.2. The van der Waals surface area contributed by atoms with Crippen LogP contribution in [0.3, 0.4) is 0 Å². The summed E-state index contributed by atoms with van der Waals surface area (Å²) in [7, 11) is 5.67. The van der Waals surface area contributed by atoms with Crippen molar-refractivity contribution in [2.24, 2.45) is 12.0 Å². The third kappa shape index (κ3) is 6.16. The SMILES string of the molecule is C=CCNC(=NCc1nnc(C)n1C)N(C)Cc1cc(C)n(-c2ccc(OC)cc2)c1C.I. The van der Waals surface area contributed by atoms with E-state index in [4.69, 9.17) is 9.73 Å². The van der Waals surface area contributed by atoms with Gasteiger partial charge in [0.05, 0.1) is 7.11 Å². The highest BCUT2D eigenvalue weighted by molar-refractivity contribution is 14.0. The van der Waals surface area contributed by atoms with Gasteiger partial charge in [0.2, 0.25) is 0 Å². The Morgan fingerprint density at radius 3 is 2.48 bits per heavy atom. The number of guanidine groups is 1. The summed E-state index contributed by atoms with van der Waals surface area (Å²) in [6, 6.07) is 10.4. The van der Waals surface area contributed by atoms with Crippen molar-refractivity contribution >= 4 is 29.9 Å². The fourth-order valence-corrected chi connectivity index (χ4v) is 3.66. The number of aryl methyl sites for hydroxylation is 2. The predicted molar refractivity (Wildman–Crippen MR) is 144 cm³/mol. The zero-order valence-electron chi connectivity index (χ0n) is 20.3.